The number of carbonyl (C=O) groups is 2. The van der Waals surface area contributed by atoms with Crippen LogP contribution >= 0.6 is 11.3 Å². The third-order valence-electron chi connectivity index (χ3n) is 7.58. The van der Waals surface area contributed by atoms with Crippen LogP contribution in [0.1, 0.15) is 35.3 Å². The molecule has 0 radical (unpaired) electrons. The number of methoxy groups -OCH3 is 1. The Kier molecular flexibility index (Phi) is 6.18. The summed E-state index contributed by atoms with van der Waals surface area (Å²) >= 11 is 1.71. The van der Waals surface area contributed by atoms with E-state index in [2.05, 4.69) is 43.4 Å². The zero-order valence-corrected chi connectivity index (χ0v) is 21.1. The van der Waals surface area contributed by atoms with Crippen LogP contribution in [0.15, 0.2) is 48.1 Å². The summed E-state index contributed by atoms with van der Waals surface area (Å²) in [4.78, 5) is 40.7. The number of amides is 1. The van der Waals surface area contributed by atoms with Crippen LogP contribution in [-0.4, -0.2) is 83.6 Å². The van der Waals surface area contributed by atoms with Crippen molar-refractivity contribution in [2.45, 2.75) is 31.3 Å². The number of ether oxygens (including phenoxy) is 1. The molecular formula is C27H29N5O3S. The maximum atomic E-state index is 13.1. The Morgan fingerprint density at radius 2 is 1.94 bits per heavy atom. The molecule has 0 spiro atoms. The lowest BCUT2D eigenvalue weighted by atomic mass is 10.0. The van der Waals surface area contributed by atoms with Crippen LogP contribution in [0.3, 0.4) is 0 Å². The topological polar surface area (TPSA) is 78.9 Å². The van der Waals surface area contributed by atoms with Crippen LogP contribution in [0.5, 0.6) is 0 Å². The fourth-order valence-corrected chi connectivity index (χ4v) is 6.47. The normalized spacial score (nSPS) is 22.1. The van der Waals surface area contributed by atoms with Crippen molar-refractivity contribution >= 4 is 44.7 Å². The number of hydrogen-bond donors (Lipinski definition) is 0. The van der Waals surface area contributed by atoms with Gasteiger partial charge in [0.1, 0.15) is 5.82 Å². The first kappa shape index (κ1) is 23.1. The highest BCUT2D eigenvalue weighted by Crippen LogP contribution is 2.34. The monoisotopic (exact) mass is 503 g/mol. The number of aromatic nitrogens is 2. The van der Waals surface area contributed by atoms with E-state index in [-0.39, 0.29) is 11.9 Å². The molecule has 0 saturated carbocycles. The lowest BCUT2D eigenvalue weighted by Gasteiger charge is -2.42. The number of fused-ring (bicyclic) bond motifs is 3. The van der Waals surface area contributed by atoms with E-state index in [1.807, 2.05) is 17.2 Å². The van der Waals surface area contributed by atoms with E-state index < -0.39 is 0 Å². The molecule has 3 aliphatic heterocycles. The molecule has 0 N–H and O–H groups in total. The van der Waals surface area contributed by atoms with E-state index in [0.717, 1.165) is 50.4 Å². The fraction of sp³-hybridized carbons (Fsp3) is 0.407. The number of hydrogen-bond acceptors (Lipinski definition) is 8. The summed E-state index contributed by atoms with van der Waals surface area (Å²) in [6, 6.07) is 8.63. The quantitative estimate of drug-likeness (QED) is 0.494. The van der Waals surface area contributed by atoms with Crippen molar-refractivity contribution in [3.8, 4) is 0 Å². The molecule has 6 heterocycles. The van der Waals surface area contributed by atoms with Gasteiger partial charge in [0.15, 0.2) is 0 Å². The number of likely N-dealkylation sites (tertiary alicyclic amines) is 1. The molecule has 2 fully saturated rings. The Hall–Kier alpha value is -3.30. The Morgan fingerprint density at radius 1 is 1.11 bits per heavy atom. The van der Waals surface area contributed by atoms with Crippen LogP contribution in [0, 0.1) is 0 Å². The van der Waals surface area contributed by atoms with Crippen molar-refractivity contribution in [3.63, 3.8) is 0 Å². The summed E-state index contributed by atoms with van der Waals surface area (Å²) in [5.41, 5.74) is 2.71. The van der Waals surface area contributed by atoms with Gasteiger partial charge in [0.25, 0.3) is 0 Å². The average molecular weight is 504 g/mol. The largest absolute Gasteiger partial charge is 0.465 e. The van der Waals surface area contributed by atoms with Gasteiger partial charge in [-0.05, 0) is 59.9 Å². The van der Waals surface area contributed by atoms with Crippen molar-refractivity contribution < 1.29 is 14.3 Å². The second-order valence-corrected chi connectivity index (χ2v) is 10.7. The number of piperazine rings is 1. The van der Waals surface area contributed by atoms with Crippen LogP contribution in [0.4, 0.5) is 5.82 Å². The smallest absolute Gasteiger partial charge is 0.339 e. The average Bonchev–Trinajstić information content (AvgIpc) is 3.49. The maximum Gasteiger partial charge on any atom is 0.339 e. The zero-order chi connectivity index (χ0) is 24.6. The van der Waals surface area contributed by atoms with Gasteiger partial charge in [-0.25, -0.2) is 9.78 Å². The molecule has 1 amide bonds. The number of pyridine rings is 2. The third-order valence-corrected chi connectivity index (χ3v) is 8.45. The van der Waals surface area contributed by atoms with Gasteiger partial charge >= 0.3 is 5.97 Å². The lowest BCUT2D eigenvalue weighted by Crippen LogP contribution is -2.56. The van der Waals surface area contributed by atoms with Gasteiger partial charge in [-0.15, -0.1) is 11.3 Å². The van der Waals surface area contributed by atoms with Gasteiger partial charge in [-0.3, -0.25) is 14.7 Å². The summed E-state index contributed by atoms with van der Waals surface area (Å²) in [5, 5.41) is 3.32. The van der Waals surface area contributed by atoms with Crippen molar-refractivity contribution in [3.05, 3.63) is 59.4 Å². The van der Waals surface area contributed by atoms with Crippen molar-refractivity contribution in [2.24, 2.45) is 0 Å². The maximum absolute atomic E-state index is 13.1. The van der Waals surface area contributed by atoms with E-state index >= 15 is 0 Å². The van der Waals surface area contributed by atoms with Crippen LogP contribution in [0.25, 0.3) is 15.7 Å². The highest BCUT2D eigenvalue weighted by molar-refractivity contribution is 7.17. The molecule has 9 heteroatoms. The number of rotatable bonds is 5. The Bertz CT molecular complexity index is 1310. The molecular weight excluding hydrogens is 474 g/mol. The summed E-state index contributed by atoms with van der Waals surface area (Å²) in [6.45, 7) is 3.53. The van der Waals surface area contributed by atoms with Crippen LogP contribution < -0.4 is 4.90 Å². The van der Waals surface area contributed by atoms with Gasteiger partial charge in [0, 0.05) is 50.7 Å². The molecule has 3 aromatic rings. The second-order valence-electron chi connectivity index (χ2n) is 9.73. The molecule has 2 bridgehead atoms. The van der Waals surface area contributed by atoms with Gasteiger partial charge < -0.3 is 14.5 Å². The summed E-state index contributed by atoms with van der Waals surface area (Å²) < 4.78 is 5.98. The molecule has 2 atom stereocenters. The molecule has 2 saturated heterocycles. The standard InChI is InChI=1S/C27H29N5O3S/c1-35-27(34)20-2-5-25(29-13-20)32-21-3-4-22(32)16-30(15-21)17-26(33)31-9-6-18(7-10-31)23-12-19-8-11-36-24(19)14-28-23/h2,5-6,8,11-14,21-22H,3-4,7,9-10,15-17H2,1H3. The van der Waals surface area contributed by atoms with Gasteiger partial charge in [-0.1, -0.05) is 6.08 Å². The number of thiophene rings is 1. The van der Waals surface area contributed by atoms with Crippen molar-refractivity contribution in [2.75, 3.05) is 44.7 Å². The van der Waals surface area contributed by atoms with E-state index in [9.17, 15) is 9.59 Å². The molecule has 0 aliphatic carbocycles. The predicted molar refractivity (Wildman–Crippen MR) is 140 cm³/mol. The molecule has 2 unspecified atom stereocenters. The third kappa shape index (κ3) is 4.37. The summed E-state index contributed by atoms with van der Waals surface area (Å²) in [5.74, 6) is 0.712. The highest BCUT2D eigenvalue weighted by Gasteiger charge is 2.41. The minimum atomic E-state index is -0.375. The molecule has 186 valence electrons. The first-order valence-electron chi connectivity index (χ1n) is 12.4. The Balaban J connectivity index is 1.06. The zero-order valence-electron chi connectivity index (χ0n) is 20.3. The number of nitrogens with zero attached hydrogens (tertiary/aromatic N) is 5. The Labute approximate surface area is 214 Å². The van der Waals surface area contributed by atoms with E-state index in [1.54, 1.807) is 23.6 Å². The van der Waals surface area contributed by atoms with Crippen molar-refractivity contribution in [1.82, 2.24) is 19.8 Å². The Morgan fingerprint density at radius 3 is 2.64 bits per heavy atom. The molecule has 36 heavy (non-hydrogen) atoms. The van der Waals surface area contributed by atoms with Crippen LogP contribution in [-0.2, 0) is 9.53 Å². The van der Waals surface area contributed by atoms with Gasteiger partial charge in [0.2, 0.25) is 5.91 Å². The number of esters is 1. The molecule has 3 aliphatic rings. The predicted octanol–water partition coefficient (Wildman–Crippen LogP) is 3.45. The van der Waals surface area contributed by atoms with E-state index in [0.29, 0.717) is 30.7 Å². The van der Waals surface area contributed by atoms with Gasteiger partial charge in [-0.2, -0.15) is 0 Å². The van der Waals surface area contributed by atoms with Gasteiger partial charge in [0.05, 0.1) is 29.6 Å². The number of anilines is 1. The number of carbonyl (C=O) groups excluding carboxylic acids is 2. The van der Waals surface area contributed by atoms with E-state index in [1.165, 1.54) is 22.8 Å². The molecule has 8 nitrogen and oxygen atoms in total. The molecule has 6 rings (SSSR count). The minimum absolute atomic E-state index is 0.194. The van der Waals surface area contributed by atoms with E-state index in [4.69, 9.17) is 4.74 Å². The van der Waals surface area contributed by atoms with Crippen molar-refractivity contribution in [1.29, 1.82) is 0 Å². The first-order valence-corrected chi connectivity index (χ1v) is 13.3. The molecule has 3 aromatic heterocycles. The van der Waals surface area contributed by atoms with Crippen LogP contribution in [0.2, 0.25) is 0 Å². The second kappa shape index (κ2) is 9.63. The molecule has 0 aromatic carbocycles. The summed E-state index contributed by atoms with van der Waals surface area (Å²) in [6.07, 6.45) is 8.71. The first-order chi connectivity index (χ1) is 17.6. The minimum Gasteiger partial charge on any atom is -0.465 e. The SMILES string of the molecule is COC(=O)c1ccc(N2C3CCC2CN(CC(=O)N2CC=C(c4cc5ccsc5cn4)CC2)C3)nc1. The fourth-order valence-electron chi connectivity index (χ4n) is 5.73. The lowest BCUT2D eigenvalue weighted by molar-refractivity contribution is -0.132. The summed E-state index contributed by atoms with van der Waals surface area (Å²) in [7, 11) is 1.37. The highest BCUT2D eigenvalue weighted by atomic mass is 32.1.